The van der Waals surface area contributed by atoms with Crippen LogP contribution in [0.4, 0.5) is 10.5 Å². The van der Waals surface area contributed by atoms with Crippen molar-refractivity contribution >= 4 is 11.7 Å². The van der Waals surface area contributed by atoms with Crippen LogP contribution in [-0.4, -0.2) is 37.2 Å². The fourth-order valence-corrected chi connectivity index (χ4v) is 3.62. The average molecular weight is 382 g/mol. The van der Waals surface area contributed by atoms with E-state index in [0.717, 1.165) is 37.6 Å². The summed E-state index contributed by atoms with van der Waals surface area (Å²) in [6, 6.07) is 18.3. The van der Waals surface area contributed by atoms with Gasteiger partial charge in [-0.2, -0.15) is 0 Å². The number of anilines is 1. The van der Waals surface area contributed by atoms with Gasteiger partial charge in [-0.05, 0) is 36.1 Å². The van der Waals surface area contributed by atoms with Crippen LogP contribution in [0.25, 0.3) is 0 Å². The molecule has 1 heterocycles. The molecule has 1 aliphatic heterocycles. The molecule has 2 amide bonds. The molecular formula is C23H31N3O2. The maximum atomic E-state index is 12.5. The Morgan fingerprint density at radius 2 is 1.57 bits per heavy atom. The van der Waals surface area contributed by atoms with Gasteiger partial charge in [0.25, 0.3) is 0 Å². The van der Waals surface area contributed by atoms with Crippen molar-refractivity contribution in [3.63, 3.8) is 0 Å². The number of hydrogen-bond acceptors (Lipinski definition) is 3. The van der Waals surface area contributed by atoms with Gasteiger partial charge in [0.05, 0.1) is 19.3 Å². The lowest BCUT2D eigenvalue weighted by Gasteiger charge is -2.32. The number of benzene rings is 2. The first kappa shape index (κ1) is 20.4. The molecule has 1 saturated heterocycles. The predicted octanol–water partition coefficient (Wildman–Crippen LogP) is 4.60. The number of amides is 2. The molecule has 2 unspecified atom stereocenters. The Morgan fingerprint density at radius 1 is 0.929 bits per heavy atom. The number of nitrogens with one attached hydrogen (secondary N) is 2. The van der Waals surface area contributed by atoms with Gasteiger partial charge in [-0.25, -0.2) is 4.79 Å². The van der Waals surface area contributed by atoms with Crippen LogP contribution in [0.2, 0.25) is 0 Å². The van der Waals surface area contributed by atoms with Gasteiger partial charge in [-0.1, -0.05) is 56.3 Å². The molecule has 0 aromatic heterocycles. The summed E-state index contributed by atoms with van der Waals surface area (Å²) >= 11 is 0. The van der Waals surface area contributed by atoms with E-state index in [4.69, 9.17) is 4.74 Å². The number of morpholine rings is 1. The van der Waals surface area contributed by atoms with Crippen LogP contribution < -0.4 is 10.6 Å². The van der Waals surface area contributed by atoms with Gasteiger partial charge in [-0.15, -0.1) is 0 Å². The molecule has 1 aliphatic rings. The van der Waals surface area contributed by atoms with E-state index in [2.05, 4.69) is 48.4 Å². The topological polar surface area (TPSA) is 53.6 Å². The molecule has 28 heavy (non-hydrogen) atoms. The van der Waals surface area contributed by atoms with E-state index in [1.807, 2.05) is 42.5 Å². The second-order valence-corrected chi connectivity index (χ2v) is 7.68. The largest absolute Gasteiger partial charge is 0.379 e. The molecular weight excluding hydrogens is 350 g/mol. The molecule has 0 spiro atoms. The number of carbonyl (C=O) groups excluding carboxylic acids is 1. The molecule has 5 heteroatoms. The molecule has 2 atom stereocenters. The predicted molar refractivity (Wildman–Crippen MR) is 113 cm³/mol. The minimum atomic E-state index is -0.184. The molecule has 3 rings (SSSR count). The normalized spacial score (nSPS) is 17.1. The molecule has 0 saturated carbocycles. The molecule has 150 valence electrons. The van der Waals surface area contributed by atoms with Crippen LogP contribution >= 0.6 is 0 Å². The zero-order chi connectivity index (χ0) is 19.9. The summed E-state index contributed by atoms with van der Waals surface area (Å²) in [5.74, 6) is 0.296. The Kier molecular flexibility index (Phi) is 7.06. The Morgan fingerprint density at radius 3 is 2.18 bits per heavy atom. The number of ether oxygens (including phenoxy) is 1. The van der Waals surface area contributed by atoms with Gasteiger partial charge in [0, 0.05) is 24.8 Å². The van der Waals surface area contributed by atoms with Crippen LogP contribution in [0, 0.1) is 5.92 Å². The van der Waals surface area contributed by atoms with Crippen molar-refractivity contribution in [1.29, 1.82) is 0 Å². The second kappa shape index (κ2) is 9.71. The summed E-state index contributed by atoms with van der Waals surface area (Å²) < 4.78 is 5.43. The number of hydrogen-bond donors (Lipinski definition) is 2. The first-order valence-corrected chi connectivity index (χ1v) is 10.1. The molecule has 2 N–H and O–H groups in total. The first-order chi connectivity index (χ1) is 13.5. The maximum absolute atomic E-state index is 12.5. The lowest BCUT2D eigenvalue weighted by atomic mass is 9.96. The van der Waals surface area contributed by atoms with E-state index in [-0.39, 0.29) is 12.1 Å². The summed E-state index contributed by atoms with van der Waals surface area (Å²) in [6.45, 7) is 9.94. The number of urea groups is 1. The van der Waals surface area contributed by atoms with Crippen LogP contribution in [0.15, 0.2) is 54.6 Å². The Hall–Kier alpha value is -2.37. The minimum Gasteiger partial charge on any atom is -0.379 e. The van der Waals surface area contributed by atoms with Crippen molar-refractivity contribution in [3.8, 4) is 0 Å². The van der Waals surface area contributed by atoms with Gasteiger partial charge in [0.15, 0.2) is 0 Å². The Balaban J connectivity index is 1.59. The lowest BCUT2D eigenvalue weighted by Crippen LogP contribution is -2.38. The molecule has 0 bridgehead atoms. The third-order valence-electron chi connectivity index (χ3n) is 5.36. The van der Waals surface area contributed by atoms with Gasteiger partial charge < -0.3 is 15.4 Å². The van der Waals surface area contributed by atoms with Gasteiger partial charge in [0.2, 0.25) is 0 Å². The summed E-state index contributed by atoms with van der Waals surface area (Å²) in [5.41, 5.74) is 3.16. The van der Waals surface area contributed by atoms with Gasteiger partial charge in [0.1, 0.15) is 0 Å². The standard InChI is InChI=1S/C23H31N3O2/c1-17(2)22(20-7-5-4-6-8-20)25-23(27)24-21-11-9-19(10-12-21)18(3)26-13-15-28-16-14-26/h4-12,17-18,22H,13-16H2,1-3H3,(H2,24,25,27). The van der Waals surface area contributed by atoms with Crippen molar-refractivity contribution in [1.82, 2.24) is 10.2 Å². The summed E-state index contributed by atoms with van der Waals surface area (Å²) in [4.78, 5) is 14.9. The zero-order valence-electron chi connectivity index (χ0n) is 17.0. The van der Waals surface area contributed by atoms with Gasteiger partial charge in [-0.3, -0.25) is 4.90 Å². The number of rotatable bonds is 6. The summed E-state index contributed by atoms with van der Waals surface area (Å²) in [7, 11) is 0. The lowest BCUT2D eigenvalue weighted by molar-refractivity contribution is 0.0198. The van der Waals surface area contributed by atoms with Crippen LogP contribution in [-0.2, 0) is 4.74 Å². The van der Waals surface area contributed by atoms with E-state index >= 15 is 0 Å². The quantitative estimate of drug-likeness (QED) is 0.769. The highest BCUT2D eigenvalue weighted by molar-refractivity contribution is 5.89. The Bertz CT molecular complexity index is 740. The SMILES string of the molecule is CC(C)C(NC(=O)Nc1ccc(C(C)N2CCOCC2)cc1)c1ccccc1. The molecule has 2 aromatic rings. The fourth-order valence-electron chi connectivity index (χ4n) is 3.62. The Labute approximate surface area is 168 Å². The van der Waals surface area contributed by atoms with Crippen molar-refractivity contribution in [2.75, 3.05) is 31.6 Å². The molecule has 5 nitrogen and oxygen atoms in total. The van der Waals surface area contributed by atoms with E-state index in [1.54, 1.807) is 0 Å². The minimum absolute atomic E-state index is 0.0261. The molecule has 0 radical (unpaired) electrons. The van der Waals surface area contributed by atoms with E-state index in [1.165, 1.54) is 5.56 Å². The van der Waals surface area contributed by atoms with Crippen molar-refractivity contribution in [3.05, 3.63) is 65.7 Å². The van der Waals surface area contributed by atoms with Crippen molar-refractivity contribution in [2.45, 2.75) is 32.9 Å². The van der Waals surface area contributed by atoms with Crippen LogP contribution in [0.3, 0.4) is 0 Å². The molecule has 1 fully saturated rings. The molecule has 2 aromatic carbocycles. The van der Waals surface area contributed by atoms with Crippen molar-refractivity contribution < 1.29 is 9.53 Å². The average Bonchev–Trinajstić information content (AvgIpc) is 2.73. The summed E-state index contributed by atoms with van der Waals surface area (Å²) in [5, 5.41) is 6.06. The van der Waals surface area contributed by atoms with Crippen LogP contribution in [0.5, 0.6) is 0 Å². The second-order valence-electron chi connectivity index (χ2n) is 7.68. The number of carbonyl (C=O) groups is 1. The van der Waals surface area contributed by atoms with E-state index in [9.17, 15) is 4.79 Å². The number of nitrogens with zero attached hydrogens (tertiary/aromatic N) is 1. The highest BCUT2D eigenvalue weighted by Crippen LogP contribution is 2.24. The van der Waals surface area contributed by atoms with Crippen LogP contribution in [0.1, 0.15) is 44.0 Å². The first-order valence-electron chi connectivity index (χ1n) is 10.1. The van der Waals surface area contributed by atoms with Crippen molar-refractivity contribution in [2.24, 2.45) is 5.92 Å². The highest BCUT2D eigenvalue weighted by Gasteiger charge is 2.20. The van der Waals surface area contributed by atoms with E-state index in [0.29, 0.717) is 12.0 Å². The third-order valence-corrected chi connectivity index (χ3v) is 5.36. The fraction of sp³-hybridized carbons (Fsp3) is 0.435. The van der Waals surface area contributed by atoms with Gasteiger partial charge >= 0.3 is 6.03 Å². The smallest absolute Gasteiger partial charge is 0.319 e. The monoisotopic (exact) mass is 381 g/mol. The maximum Gasteiger partial charge on any atom is 0.319 e. The third kappa shape index (κ3) is 5.33. The molecule has 0 aliphatic carbocycles. The van der Waals surface area contributed by atoms with E-state index < -0.39 is 0 Å². The summed E-state index contributed by atoms with van der Waals surface area (Å²) in [6.07, 6.45) is 0. The highest BCUT2D eigenvalue weighted by atomic mass is 16.5. The zero-order valence-corrected chi connectivity index (χ0v) is 17.0.